The van der Waals surface area contributed by atoms with E-state index in [0.717, 1.165) is 41.3 Å². The van der Waals surface area contributed by atoms with E-state index in [0.29, 0.717) is 47.7 Å². The van der Waals surface area contributed by atoms with Gasteiger partial charge in [0.15, 0.2) is 5.60 Å². The molecular weight excluding hydrogens is 604 g/mol. The lowest BCUT2D eigenvalue weighted by Crippen LogP contribution is -2.44. The van der Waals surface area contributed by atoms with Crippen molar-refractivity contribution in [2.45, 2.75) is 155 Å². The lowest BCUT2D eigenvalue weighted by atomic mass is 9.86. The summed E-state index contributed by atoms with van der Waals surface area (Å²) in [5.41, 5.74) is 2.44. The first-order valence-electron chi connectivity index (χ1n) is 18.7. The fraction of sp³-hybridized carbons (Fsp3) is 0.600. The fourth-order valence-electron chi connectivity index (χ4n) is 7.43. The van der Waals surface area contributed by atoms with Crippen molar-refractivity contribution >= 4 is 22.8 Å². The molecule has 2 aliphatic rings. The standard InChI is InChI=1S/C40H54N2O6/c1-4-7-8-9-10-11-12-13-14-15-16-17-18-19-20-21-36(43)48-28-22-23-34-30(24-28)29(5-2)31-26-42-35(37(31)41-34)25-33-32(38(42)44)27-47-39(45)40(33,46)6-3/h22-25,46H,4-21,26-27H2,1-3H3/t40-/m0/s1. The Kier molecular flexibility index (Phi) is 12.5. The van der Waals surface area contributed by atoms with Crippen LogP contribution in [0, 0.1) is 0 Å². The van der Waals surface area contributed by atoms with Crippen LogP contribution in [0.25, 0.3) is 22.3 Å². The van der Waals surface area contributed by atoms with E-state index < -0.39 is 11.6 Å². The molecule has 1 atom stereocenters. The van der Waals surface area contributed by atoms with Crippen LogP contribution in [0.2, 0.25) is 0 Å². The number of aliphatic hydroxyl groups is 1. The second-order valence-corrected chi connectivity index (χ2v) is 13.7. The summed E-state index contributed by atoms with van der Waals surface area (Å²) >= 11 is 0. The number of hydrogen-bond acceptors (Lipinski definition) is 7. The molecule has 2 aromatic heterocycles. The maximum Gasteiger partial charge on any atom is 0.343 e. The number of hydrogen-bond donors (Lipinski definition) is 1. The molecule has 5 rings (SSSR count). The molecule has 1 N–H and O–H groups in total. The largest absolute Gasteiger partial charge is 0.458 e. The summed E-state index contributed by atoms with van der Waals surface area (Å²) in [5, 5.41) is 12.1. The molecule has 4 heterocycles. The third-order valence-electron chi connectivity index (χ3n) is 10.3. The summed E-state index contributed by atoms with van der Waals surface area (Å²) in [6.07, 6.45) is 20.5. The summed E-state index contributed by atoms with van der Waals surface area (Å²) in [6.45, 7) is 6.20. The van der Waals surface area contributed by atoms with Crippen molar-refractivity contribution in [2.24, 2.45) is 0 Å². The molecule has 0 aliphatic carbocycles. The second-order valence-electron chi connectivity index (χ2n) is 13.7. The van der Waals surface area contributed by atoms with E-state index in [2.05, 4.69) is 13.8 Å². The third-order valence-corrected chi connectivity index (χ3v) is 10.3. The Morgan fingerprint density at radius 2 is 1.50 bits per heavy atom. The molecular formula is C40H54N2O6. The van der Waals surface area contributed by atoms with Crippen molar-refractivity contribution < 1.29 is 24.2 Å². The number of fused-ring (bicyclic) bond motifs is 5. The minimum absolute atomic E-state index is 0.0981. The highest BCUT2D eigenvalue weighted by molar-refractivity contribution is 5.90. The predicted octanol–water partition coefficient (Wildman–Crippen LogP) is 8.81. The monoisotopic (exact) mass is 658 g/mol. The number of benzene rings is 1. The molecule has 0 saturated carbocycles. The van der Waals surface area contributed by atoms with Gasteiger partial charge in [-0.05, 0) is 49.1 Å². The van der Waals surface area contributed by atoms with E-state index in [9.17, 15) is 19.5 Å². The Morgan fingerprint density at radius 1 is 0.875 bits per heavy atom. The number of esters is 2. The summed E-state index contributed by atoms with van der Waals surface area (Å²) in [7, 11) is 0. The van der Waals surface area contributed by atoms with Crippen molar-refractivity contribution in [2.75, 3.05) is 0 Å². The number of ether oxygens (including phenoxy) is 2. The zero-order chi connectivity index (χ0) is 34.1. The molecule has 2 aliphatic heterocycles. The lowest BCUT2D eigenvalue weighted by molar-refractivity contribution is -0.172. The predicted molar refractivity (Wildman–Crippen MR) is 189 cm³/mol. The van der Waals surface area contributed by atoms with E-state index in [1.54, 1.807) is 23.6 Å². The number of aromatic nitrogens is 2. The van der Waals surface area contributed by atoms with Crippen LogP contribution in [-0.4, -0.2) is 26.6 Å². The van der Waals surface area contributed by atoms with Gasteiger partial charge in [-0.25, -0.2) is 9.78 Å². The Labute approximate surface area is 285 Å². The van der Waals surface area contributed by atoms with E-state index >= 15 is 0 Å². The molecule has 0 saturated heterocycles. The van der Waals surface area contributed by atoms with Gasteiger partial charge >= 0.3 is 11.9 Å². The van der Waals surface area contributed by atoms with Gasteiger partial charge in [0, 0.05) is 22.9 Å². The van der Waals surface area contributed by atoms with Crippen molar-refractivity contribution in [3.63, 3.8) is 0 Å². The summed E-state index contributed by atoms with van der Waals surface area (Å²) in [5.74, 6) is -0.458. The number of cyclic esters (lactones) is 1. The number of carbonyl (C=O) groups excluding carboxylic acids is 2. The smallest absolute Gasteiger partial charge is 0.343 e. The molecule has 0 spiro atoms. The molecule has 0 amide bonds. The number of nitrogens with zero attached hydrogens (tertiary/aromatic N) is 2. The Morgan fingerprint density at radius 3 is 2.10 bits per heavy atom. The molecule has 8 heteroatoms. The van der Waals surface area contributed by atoms with Gasteiger partial charge in [-0.15, -0.1) is 0 Å². The SMILES string of the molecule is CCCCCCCCCCCCCCCCCC(=O)Oc1ccc2nc3c(c(CC)c2c1)Cn1c-3cc2c(c1=O)COC(=O)[C@]2(O)CC. The van der Waals surface area contributed by atoms with E-state index in [1.165, 1.54) is 77.0 Å². The maximum atomic E-state index is 13.6. The van der Waals surface area contributed by atoms with Crippen molar-refractivity contribution in [1.82, 2.24) is 9.55 Å². The molecule has 1 aromatic carbocycles. The van der Waals surface area contributed by atoms with Crippen molar-refractivity contribution in [3.05, 3.63) is 56.9 Å². The highest BCUT2D eigenvalue weighted by Gasteiger charge is 2.45. The molecule has 8 nitrogen and oxygen atoms in total. The fourth-order valence-corrected chi connectivity index (χ4v) is 7.43. The second kappa shape index (κ2) is 16.7. The van der Waals surface area contributed by atoms with Crippen molar-refractivity contribution in [3.8, 4) is 17.1 Å². The Balaban J connectivity index is 1.13. The summed E-state index contributed by atoms with van der Waals surface area (Å²) in [6, 6.07) is 7.24. The molecule has 260 valence electrons. The first-order valence-corrected chi connectivity index (χ1v) is 18.7. The van der Waals surface area contributed by atoms with Gasteiger partial charge < -0.3 is 19.1 Å². The van der Waals surface area contributed by atoms with Gasteiger partial charge in [0.05, 0.1) is 29.0 Å². The normalized spacial score (nSPS) is 16.5. The number of carbonyl (C=O) groups is 2. The van der Waals surface area contributed by atoms with Crippen LogP contribution in [0.1, 0.15) is 152 Å². The van der Waals surface area contributed by atoms with Gasteiger partial charge in [0.2, 0.25) is 0 Å². The van der Waals surface area contributed by atoms with Gasteiger partial charge in [0.1, 0.15) is 12.4 Å². The van der Waals surface area contributed by atoms with Crippen molar-refractivity contribution in [1.29, 1.82) is 0 Å². The minimum atomic E-state index is -1.86. The van der Waals surface area contributed by atoms with Gasteiger partial charge in [-0.1, -0.05) is 111 Å². The first-order chi connectivity index (χ1) is 23.3. The van der Waals surface area contributed by atoms with Crippen LogP contribution in [0.5, 0.6) is 5.75 Å². The number of pyridine rings is 2. The number of unbranched alkanes of at least 4 members (excludes halogenated alkanes) is 14. The topological polar surface area (TPSA) is 108 Å². The number of rotatable bonds is 19. The van der Waals surface area contributed by atoms with Crippen LogP contribution in [0.15, 0.2) is 29.1 Å². The summed E-state index contributed by atoms with van der Waals surface area (Å²) in [4.78, 5) is 43.7. The van der Waals surface area contributed by atoms with Gasteiger partial charge in [-0.2, -0.15) is 0 Å². The van der Waals surface area contributed by atoms with E-state index in [1.807, 2.05) is 12.1 Å². The minimum Gasteiger partial charge on any atom is -0.458 e. The molecule has 0 radical (unpaired) electrons. The molecule has 0 fully saturated rings. The summed E-state index contributed by atoms with van der Waals surface area (Å²) < 4.78 is 12.6. The van der Waals surface area contributed by atoms with Crippen LogP contribution in [0.4, 0.5) is 0 Å². The zero-order valence-electron chi connectivity index (χ0n) is 29.3. The first kappa shape index (κ1) is 35.8. The molecule has 0 unspecified atom stereocenters. The van der Waals surface area contributed by atoms with Crippen LogP contribution >= 0.6 is 0 Å². The average molecular weight is 659 g/mol. The highest BCUT2D eigenvalue weighted by atomic mass is 16.6. The van der Waals surface area contributed by atoms with Crippen LogP contribution in [0.3, 0.4) is 0 Å². The van der Waals surface area contributed by atoms with Crippen LogP contribution < -0.4 is 10.3 Å². The van der Waals surface area contributed by atoms with Crippen LogP contribution in [-0.2, 0) is 39.5 Å². The number of aryl methyl sites for hydroxylation is 1. The molecule has 0 bridgehead atoms. The lowest BCUT2D eigenvalue weighted by Gasteiger charge is -2.31. The zero-order valence-corrected chi connectivity index (χ0v) is 29.3. The third kappa shape index (κ3) is 7.85. The van der Waals surface area contributed by atoms with Gasteiger partial charge in [-0.3, -0.25) is 9.59 Å². The molecule has 48 heavy (non-hydrogen) atoms. The molecule has 3 aromatic rings. The van der Waals surface area contributed by atoms with Gasteiger partial charge in [0.25, 0.3) is 5.56 Å². The highest BCUT2D eigenvalue weighted by Crippen LogP contribution is 2.40. The van der Waals surface area contributed by atoms with E-state index in [4.69, 9.17) is 14.5 Å². The Hall–Kier alpha value is -3.52. The average Bonchev–Trinajstić information content (AvgIpc) is 3.45. The Bertz CT molecular complexity index is 1660. The maximum absolute atomic E-state index is 13.6. The van der Waals surface area contributed by atoms with E-state index in [-0.39, 0.29) is 24.6 Å². The quantitative estimate of drug-likeness (QED) is 0.0609.